The smallest absolute Gasteiger partial charge is 0.459 e. The van der Waals surface area contributed by atoms with E-state index in [1.54, 1.807) is 18.2 Å². The lowest BCUT2D eigenvalue weighted by Crippen LogP contribution is -2.42. The standard InChI is InChI=1S/C26H31FN7O7P/c1-5-26(27)20(35)18(13-39-42(37,32-15(2)23(36)38-4)41-17-9-7-6-8-10-17)40-24(26)34-14-29-19-21(33(3)16-11-12-16)30-25(28)31-22(19)34/h1,6-10,14-16,18,20,24,35H,11-13H2,2-4H3,(H,32,37)(H2,28,30,31)/t15-,18-,20-,24-,26-,42?/m1/s1. The molecule has 0 bridgehead atoms. The molecule has 0 spiro atoms. The second-order valence-corrected chi connectivity index (χ2v) is 11.7. The Kier molecular flexibility index (Phi) is 8.10. The molecule has 3 aromatic rings. The number of alkyl halides is 1. The minimum absolute atomic E-state index is 0.0693. The maximum Gasteiger partial charge on any atom is 0.459 e. The van der Waals surface area contributed by atoms with Gasteiger partial charge >= 0.3 is 13.7 Å². The van der Waals surface area contributed by atoms with E-state index >= 15 is 4.39 Å². The number of para-hydroxylation sites is 1. The number of nitrogen functional groups attached to an aromatic ring is 1. The Bertz CT molecular complexity index is 1550. The van der Waals surface area contributed by atoms with Gasteiger partial charge in [-0.25, -0.2) is 13.9 Å². The number of terminal acetylenes is 1. The van der Waals surface area contributed by atoms with Crippen molar-refractivity contribution in [1.29, 1.82) is 0 Å². The topological polar surface area (TPSA) is 176 Å². The van der Waals surface area contributed by atoms with Gasteiger partial charge in [-0.2, -0.15) is 15.1 Å². The fourth-order valence-electron chi connectivity index (χ4n) is 4.63. The second-order valence-electron chi connectivity index (χ2n) is 10.0. The molecule has 2 aromatic heterocycles. The van der Waals surface area contributed by atoms with Gasteiger partial charge < -0.3 is 29.7 Å². The van der Waals surface area contributed by atoms with Crippen LogP contribution in [0.4, 0.5) is 16.2 Å². The first-order valence-corrected chi connectivity index (χ1v) is 14.6. The number of imidazole rings is 1. The van der Waals surface area contributed by atoms with Crippen molar-refractivity contribution in [3.8, 4) is 18.1 Å². The summed E-state index contributed by atoms with van der Waals surface area (Å²) in [5.41, 5.74) is 3.69. The maximum atomic E-state index is 16.3. The fourth-order valence-corrected chi connectivity index (χ4v) is 6.13. The lowest BCUT2D eigenvalue weighted by atomic mass is 9.97. The average Bonchev–Trinajstić information content (AvgIpc) is 3.70. The highest BCUT2D eigenvalue weighted by Gasteiger charge is 2.58. The van der Waals surface area contributed by atoms with Crippen LogP contribution in [-0.2, 0) is 23.4 Å². The summed E-state index contributed by atoms with van der Waals surface area (Å²) in [5.74, 6) is 1.81. The predicted molar refractivity (Wildman–Crippen MR) is 149 cm³/mol. The number of aromatic nitrogens is 4. The van der Waals surface area contributed by atoms with Gasteiger partial charge in [0.1, 0.15) is 24.0 Å². The molecule has 14 nitrogen and oxygen atoms in total. The summed E-state index contributed by atoms with van der Waals surface area (Å²) >= 11 is 0. The zero-order chi connectivity index (χ0) is 30.2. The number of benzene rings is 1. The minimum Gasteiger partial charge on any atom is -0.468 e. The van der Waals surface area contributed by atoms with Crippen LogP contribution in [0.3, 0.4) is 0 Å². The summed E-state index contributed by atoms with van der Waals surface area (Å²) in [4.78, 5) is 26.8. The van der Waals surface area contributed by atoms with Crippen LogP contribution in [0.2, 0.25) is 0 Å². The Morgan fingerprint density at radius 3 is 2.76 bits per heavy atom. The minimum atomic E-state index is -4.32. The first-order valence-electron chi connectivity index (χ1n) is 13.1. The summed E-state index contributed by atoms with van der Waals surface area (Å²) < 4.78 is 52.9. The van der Waals surface area contributed by atoms with Crippen LogP contribution in [0.25, 0.3) is 11.2 Å². The van der Waals surface area contributed by atoms with Gasteiger partial charge in [-0.3, -0.25) is 13.9 Å². The number of aliphatic hydroxyl groups is 1. The number of nitrogens with two attached hydrogens (primary N) is 1. The van der Waals surface area contributed by atoms with E-state index in [4.69, 9.17) is 25.9 Å². The van der Waals surface area contributed by atoms with Gasteiger partial charge in [0.2, 0.25) is 11.6 Å². The second kappa shape index (κ2) is 11.5. The molecule has 1 aliphatic carbocycles. The third-order valence-corrected chi connectivity index (χ3v) is 8.70. The SMILES string of the molecule is C#C[C@@]1(F)[C@H](O)[C@@H](COP(=O)(N[C@H](C)C(=O)OC)Oc2ccccc2)O[C@H]1n1cnc2c(N(C)C3CC3)nc(N)nc21. The van der Waals surface area contributed by atoms with E-state index in [1.807, 2.05) is 17.9 Å². The van der Waals surface area contributed by atoms with Crippen molar-refractivity contribution in [2.24, 2.45) is 0 Å². The van der Waals surface area contributed by atoms with Crippen molar-refractivity contribution < 1.29 is 37.4 Å². The highest BCUT2D eigenvalue weighted by atomic mass is 31.2. The first-order chi connectivity index (χ1) is 20.0. The van der Waals surface area contributed by atoms with Crippen LogP contribution >= 0.6 is 7.75 Å². The Morgan fingerprint density at radius 2 is 2.12 bits per heavy atom. The molecule has 4 N–H and O–H groups in total. The molecule has 0 radical (unpaired) electrons. The van der Waals surface area contributed by atoms with Crippen LogP contribution in [0.15, 0.2) is 36.7 Å². The summed E-state index contributed by atoms with van der Waals surface area (Å²) in [6.07, 6.45) is 3.85. The number of nitrogens with zero attached hydrogens (tertiary/aromatic N) is 5. The van der Waals surface area contributed by atoms with Crippen molar-refractivity contribution in [2.75, 3.05) is 31.4 Å². The van der Waals surface area contributed by atoms with Crippen molar-refractivity contribution in [1.82, 2.24) is 24.6 Å². The van der Waals surface area contributed by atoms with Gasteiger partial charge in [0.25, 0.3) is 0 Å². The van der Waals surface area contributed by atoms with Gasteiger partial charge in [0, 0.05) is 13.1 Å². The number of esters is 1. The molecule has 1 unspecified atom stereocenters. The van der Waals surface area contributed by atoms with Crippen molar-refractivity contribution in [3.05, 3.63) is 36.7 Å². The molecular weight excluding hydrogens is 572 g/mol. The van der Waals surface area contributed by atoms with E-state index in [0.29, 0.717) is 11.3 Å². The monoisotopic (exact) mass is 603 g/mol. The molecule has 6 atom stereocenters. The van der Waals surface area contributed by atoms with E-state index in [0.717, 1.165) is 12.8 Å². The molecule has 1 saturated heterocycles. The van der Waals surface area contributed by atoms with E-state index in [9.17, 15) is 14.5 Å². The highest BCUT2D eigenvalue weighted by Crippen LogP contribution is 2.48. The van der Waals surface area contributed by atoms with Gasteiger partial charge in [-0.1, -0.05) is 24.1 Å². The van der Waals surface area contributed by atoms with Gasteiger partial charge in [-0.05, 0) is 31.9 Å². The third-order valence-electron chi connectivity index (χ3n) is 7.05. The summed E-state index contributed by atoms with van der Waals surface area (Å²) in [6, 6.07) is 7.21. The molecule has 0 amide bonds. The summed E-state index contributed by atoms with van der Waals surface area (Å²) in [5, 5.41) is 13.5. The predicted octanol–water partition coefficient (Wildman–Crippen LogP) is 1.96. The molecular formula is C26H31FN7O7P. The van der Waals surface area contributed by atoms with Crippen LogP contribution in [-0.4, -0.2) is 81.3 Å². The molecule has 2 fully saturated rings. The number of fused-ring (bicyclic) bond motifs is 1. The number of carbonyl (C=O) groups excluding carboxylic acids is 1. The Balaban J connectivity index is 1.41. The molecule has 1 aliphatic heterocycles. The molecule has 16 heteroatoms. The molecule has 3 heterocycles. The van der Waals surface area contributed by atoms with Crippen molar-refractivity contribution in [3.63, 3.8) is 0 Å². The van der Waals surface area contributed by atoms with E-state index in [2.05, 4.69) is 24.8 Å². The number of methoxy groups -OCH3 is 1. The molecule has 2 aliphatic rings. The van der Waals surface area contributed by atoms with Crippen molar-refractivity contribution >= 4 is 36.6 Å². The average molecular weight is 604 g/mol. The lowest BCUT2D eigenvalue weighted by Gasteiger charge is -2.24. The molecule has 42 heavy (non-hydrogen) atoms. The van der Waals surface area contributed by atoms with E-state index < -0.39 is 50.5 Å². The van der Waals surface area contributed by atoms with E-state index in [1.165, 1.54) is 37.1 Å². The fraction of sp³-hybridized carbons (Fsp3) is 0.462. The highest BCUT2D eigenvalue weighted by molar-refractivity contribution is 7.52. The number of anilines is 2. The lowest BCUT2D eigenvalue weighted by molar-refractivity contribution is -0.142. The Morgan fingerprint density at radius 1 is 1.40 bits per heavy atom. The Hall–Kier alpha value is -3.80. The van der Waals surface area contributed by atoms with Crippen LogP contribution in [0.5, 0.6) is 5.75 Å². The molecule has 5 rings (SSSR count). The zero-order valence-electron chi connectivity index (χ0n) is 23.1. The molecule has 224 valence electrons. The van der Waals surface area contributed by atoms with Gasteiger partial charge in [0.05, 0.1) is 20.0 Å². The summed E-state index contributed by atoms with van der Waals surface area (Å²) in [6.45, 7) is 0.750. The number of carbonyl (C=O) groups is 1. The van der Waals surface area contributed by atoms with Crippen LogP contribution in [0.1, 0.15) is 26.0 Å². The van der Waals surface area contributed by atoms with Gasteiger partial charge in [0.15, 0.2) is 23.2 Å². The molecule has 1 aromatic carbocycles. The third kappa shape index (κ3) is 5.64. The zero-order valence-corrected chi connectivity index (χ0v) is 24.0. The van der Waals surface area contributed by atoms with E-state index in [-0.39, 0.29) is 23.4 Å². The Labute approximate surface area is 240 Å². The number of ether oxygens (including phenoxy) is 2. The number of hydrogen-bond donors (Lipinski definition) is 3. The normalized spacial score (nSPS) is 25.9. The number of hydrogen-bond acceptors (Lipinski definition) is 12. The maximum absolute atomic E-state index is 16.3. The number of rotatable bonds is 11. The van der Waals surface area contributed by atoms with Crippen molar-refractivity contribution in [2.45, 2.75) is 56.0 Å². The first kappa shape index (κ1) is 29.7. The quantitative estimate of drug-likeness (QED) is 0.165. The number of halogens is 1. The van der Waals surface area contributed by atoms with Crippen LogP contribution < -0.4 is 20.2 Å². The number of aliphatic hydroxyl groups excluding tert-OH is 1. The van der Waals surface area contributed by atoms with Gasteiger partial charge in [-0.15, -0.1) is 6.42 Å². The molecule has 1 saturated carbocycles. The summed E-state index contributed by atoms with van der Waals surface area (Å²) in [7, 11) is -1.30. The number of nitrogens with one attached hydrogen (secondary N) is 1. The van der Waals surface area contributed by atoms with Crippen LogP contribution in [0, 0.1) is 12.3 Å². The largest absolute Gasteiger partial charge is 0.468 e.